The van der Waals surface area contributed by atoms with E-state index in [1.54, 1.807) is 48.4 Å². The normalized spacial score (nSPS) is 14.1. The number of fused-ring (bicyclic) bond motifs is 1. The number of hydrogen-bond donors (Lipinski definition) is 0. The Morgan fingerprint density at radius 2 is 1.60 bits per heavy atom. The van der Waals surface area contributed by atoms with Crippen molar-refractivity contribution in [2.24, 2.45) is 0 Å². The van der Waals surface area contributed by atoms with Crippen LogP contribution in [0, 0.1) is 0 Å². The van der Waals surface area contributed by atoms with Crippen LogP contribution in [0.15, 0.2) is 91.1 Å². The SMILES string of the molecule is COc1cccc(-c2nc3ccc(-c4cccc(C(F)(F)F)c4)cn3c2CN2CCN(C(=O)COc3ccc(Cl)cc3)CC2)c1. The third kappa shape index (κ3) is 6.92. The van der Waals surface area contributed by atoms with Gasteiger partial charge in [0.15, 0.2) is 6.61 Å². The summed E-state index contributed by atoms with van der Waals surface area (Å²) in [5.74, 6) is 1.17. The van der Waals surface area contributed by atoms with Gasteiger partial charge < -0.3 is 18.8 Å². The summed E-state index contributed by atoms with van der Waals surface area (Å²) in [6.45, 7) is 2.78. The molecule has 3 heterocycles. The maximum atomic E-state index is 13.5. The van der Waals surface area contributed by atoms with E-state index in [2.05, 4.69) is 4.90 Å². The van der Waals surface area contributed by atoms with Gasteiger partial charge >= 0.3 is 6.18 Å². The van der Waals surface area contributed by atoms with Gasteiger partial charge in [-0.2, -0.15) is 13.2 Å². The molecular weight excluding hydrogens is 605 g/mol. The fraction of sp³-hybridized carbons (Fsp3) is 0.235. The van der Waals surface area contributed by atoms with Crippen LogP contribution in [0.25, 0.3) is 28.0 Å². The minimum Gasteiger partial charge on any atom is -0.497 e. The number of pyridine rings is 1. The summed E-state index contributed by atoms with van der Waals surface area (Å²) in [6, 6.07) is 23.4. The van der Waals surface area contributed by atoms with Crippen LogP contribution in [0.2, 0.25) is 5.02 Å². The molecule has 0 saturated carbocycles. The molecule has 1 saturated heterocycles. The summed E-state index contributed by atoms with van der Waals surface area (Å²) < 4.78 is 53.4. The summed E-state index contributed by atoms with van der Waals surface area (Å²) >= 11 is 5.92. The summed E-state index contributed by atoms with van der Waals surface area (Å²) in [5, 5.41) is 0.595. The molecule has 11 heteroatoms. The van der Waals surface area contributed by atoms with Gasteiger partial charge in [-0.15, -0.1) is 0 Å². The van der Waals surface area contributed by atoms with Crippen LogP contribution in [0.5, 0.6) is 11.5 Å². The molecule has 0 radical (unpaired) electrons. The van der Waals surface area contributed by atoms with Crippen molar-refractivity contribution in [2.75, 3.05) is 39.9 Å². The van der Waals surface area contributed by atoms with Gasteiger partial charge in [-0.1, -0.05) is 35.9 Å². The lowest BCUT2D eigenvalue weighted by molar-refractivity contribution is -0.137. The molecule has 6 rings (SSSR count). The number of hydrogen-bond acceptors (Lipinski definition) is 5. The van der Waals surface area contributed by atoms with Crippen molar-refractivity contribution in [1.82, 2.24) is 19.2 Å². The number of ether oxygens (including phenoxy) is 2. The highest BCUT2D eigenvalue weighted by Gasteiger charge is 2.30. The second-order valence-electron chi connectivity index (χ2n) is 10.8. The molecule has 1 aliphatic rings. The van der Waals surface area contributed by atoms with E-state index >= 15 is 0 Å². The highest BCUT2D eigenvalue weighted by Crippen LogP contribution is 2.34. The summed E-state index contributed by atoms with van der Waals surface area (Å²) in [5.41, 5.74) is 3.58. The third-order valence-corrected chi connectivity index (χ3v) is 8.11. The number of rotatable bonds is 8. The topological polar surface area (TPSA) is 59.3 Å². The lowest BCUT2D eigenvalue weighted by Crippen LogP contribution is -2.49. The molecule has 2 aromatic heterocycles. The highest BCUT2D eigenvalue weighted by atomic mass is 35.5. The lowest BCUT2D eigenvalue weighted by atomic mass is 10.0. The Morgan fingerprint density at radius 1 is 0.867 bits per heavy atom. The molecule has 7 nitrogen and oxygen atoms in total. The van der Waals surface area contributed by atoms with Crippen LogP contribution >= 0.6 is 11.6 Å². The van der Waals surface area contributed by atoms with E-state index in [9.17, 15) is 18.0 Å². The highest BCUT2D eigenvalue weighted by molar-refractivity contribution is 6.30. The standard InChI is InChI=1S/C34H30ClF3N4O3/c1-44-29-7-3-5-24(19-29)33-30(21-40-14-16-41(17-15-40)32(43)22-45-28-11-9-27(35)10-12-28)42-20-25(8-13-31(42)39-33)23-4-2-6-26(18-23)34(36,37)38/h2-13,18-20H,14-17,21-22H2,1H3. The van der Waals surface area contributed by atoms with E-state index in [1.807, 2.05) is 40.9 Å². The second-order valence-corrected chi connectivity index (χ2v) is 11.2. The van der Waals surface area contributed by atoms with Crippen LogP contribution in [-0.2, 0) is 17.5 Å². The molecular formula is C34H30ClF3N4O3. The van der Waals surface area contributed by atoms with Gasteiger partial charge in [-0.25, -0.2) is 4.98 Å². The molecule has 3 aromatic carbocycles. The van der Waals surface area contributed by atoms with Gasteiger partial charge in [0.1, 0.15) is 17.1 Å². The van der Waals surface area contributed by atoms with Crippen molar-refractivity contribution in [3.63, 3.8) is 0 Å². The van der Waals surface area contributed by atoms with Crippen molar-refractivity contribution in [3.8, 4) is 33.9 Å². The first kappa shape index (κ1) is 30.5. The molecule has 0 N–H and O–H groups in total. The first-order valence-corrected chi connectivity index (χ1v) is 14.8. The number of nitrogens with zero attached hydrogens (tertiary/aromatic N) is 4. The number of piperazine rings is 1. The van der Waals surface area contributed by atoms with Crippen molar-refractivity contribution < 1.29 is 27.4 Å². The van der Waals surface area contributed by atoms with Crippen molar-refractivity contribution in [3.05, 3.63) is 107 Å². The summed E-state index contributed by atoms with van der Waals surface area (Å²) in [7, 11) is 1.60. The Bertz CT molecular complexity index is 1820. The number of benzene rings is 3. The molecule has 1 fully saturated rings. The quantitative estimate of drug-likeness (QED) is 0.183. The zero-order chi connectivity index (χ0) is 31.6. The van der Waals surface area contributed by atoms with Gasteiger partial charge in [0.25, 0.3) is 5.91 Å². The minimum absolute atomic E-state index is 0.0623. The van der Waals surface area contributed by atoms with Crippen LogP contribution in [0.3, 0.4) is 0 Å². The van der Waals surface area contributed by atoms with Crippen LogP contribution in [0.1, 0.15) is 11.3 Å². The van der Waals surface area contributed by atoms with Gasteiger partial charge in [0.2, 0.25) is 0 Å². The lowest BCUT2D eigenvalue weighted by Gasteiger charge is -2.34. The molecule has 45 heavy (non-hydrogen) atoms. The molecule has 232 valence electrons. The molecule has 0 unspecified atom stereocenters. The maximum Gasteiger partial charge on any atom is 0.416 e. The minimum atomic E-state index is -4.44. The smallest absolute Gasteiger partial charge is 0.416 e. The number of carbonyl (C=O) groups is 1. The number of alkyl halides is 3. The second kappa shape index (κ2) is 12.8. The zero-order valence-electron chi connectivity index (χ0n) is 24.4. The number of amides is 1. The van der Waals surface area contributed by atoms with E-state index in [-0.39, 0.29) is 12.5 Å². The largest absolute Gasteiger partial charge is 0.497 e. The molecule has 0 aliphatic carbocycles. The van der Waals surface area contributed by atoms with Crippen molar-refractivity contribution in [2.45, 2.75) is 12.7 Å². The Morgan fingerprint density at radius 3 is 2.33 bits per heavy atom. The fourth-order valence-corrected chi connectivity index (χ4v) is 5.55. The predicted molar refractivity (Wildman–Crippen MR) is 166 cm³/mol. The third-order valence-electron chi connectivity index (χ3n) is 7.86. The number of aromatic nitrogens is 2. The van der Waals surface area contributed by atoms with Crippen LogP contribution < -0.4 is 9.47 Å². The first-order chi connectivity index (χ1) is 21.7. The zero-order valence-corrected chi connectivity index (χ0v) is 25.2. The monoisotopic (exact) mass is 634 g/mol. The molecule has 0 atom stereocenters. The number of halogens is 4. The molecule has 1 amide bonds. The summed E-state index contributed by atoms with van der Waals surface area (Å²) in [4.78, 5) is 21.8. The Balaban J connectivity index is 1.25. The van der Waals surface area contributed by atoms with Gasteiger partial charge in [0, 0.05) is 49.5 Å². The van der Waals surface area contributed by atoms with Crippen molar-refractivity contribution in [1.29, 1.82) is 0 Å². The van der Waals surface area contributed by atoms with E-state index in [1.165, 1.54) is 6.07 Å². The van der Waals surface area contributed by atoms with Gasteiger partial charge in [-0.05, 0) is 71.8 Å². The van der Waals surface area contributed by atoms with E-state index in [4.69, 9.17) is 26.1 Å². The first-order valence-electron chi connectivity index (χ1n) is 14.4. The number of methoxy groups -OCH3 is 1. The maximum absolute atomic E-state index is 13.5. The predicted octanol–water partition coefficient (Wildman–Crippen LogP) is 7.07. The molecule has 0 bridgehead atoms. The van der Waals surface area contributed by atoms with Crippen molar-refractivity contribution >= 4 is 23.2 Å². The van der Waals surface area contributed by atoms with Gasteiger partial charge in [-0.3, -0.25) is 9.69 Å². The Kier molecular flexibility index (Phi) is 8.69. The molecule has 5 aromatic rings. The van der Waals surface area contributed by atoms with E-state index < -0.39 is 11.7 Å². The Labute approximate surface area is 263 Å². The van der Waals surface area contributed by atoms with Gasteiger partial charge in [0.05, 0.1) is 24.1 Å². The summed E-state index contributed by atoms with van der Waals surface area (Å²) in [6.07, 6.45) is -2.60. The van der Waals surface area contributed by atoms with E-state index in [0.29, 0.717) is 66.0 Å². The molecule has 1 aliphatic heterocycles. The Hall–Kier alpha value is -4.54. The van der Waals surface area contributed by atoms with Crippen LogP contribution in [0.4, 0.5) is 13.2 Å². The molecule has 0 spiro atoms. The van der Waals surface area contributed by atoms with E-state index in [0.717, 1.165) is 29.1 Å². The fourth-order valence-electron chi connectivity index (χ4n) is 5.43. The number of carbonyl (C=O) groups excluding carboxylic acids is 1. The number of imidazole rings is 1. The average Bonchev–Trinajstić information content (AvgIpc) is 3.41. The average molecular weight is 635 g/mol. The van der Waals surface area contributed by atoms with Crippen LogP contribution in [-0.4, -0.2) is 65.0 Å².